The van der Waals surface area contributed by atoms with Gasteiger partial charge < -0.3 is 28.4 Å². The third-order valence-electron chi connectivity index (χ3n) is 5.54. The van der Waals surface area contributed by atoms with Crippen molar-refractivity contribution in [3.63, 3.8) is 0 Å². The first kappa shape index (κ1) is 23.1. The predicted octanol–water partition coefficient (Wildman–Crippen LogP) is 4.62. The minimum Gasteiger partial charge on any atom is -0.493 e. The van der Waals surface area contributed by atoms with E-state index in [0.717, 1.165) is 33.4 Å². The molecule has 0 aromatic heterocycles. The molecule has 0 heterocycles. The topological polar surface area (TPSA) is 72.5 Å². The molecular formula is C25H28O7. The Morgan fingerprint density at radius 1 is 0.750 bits per heavy atom. The van der Waals surface area contributed by atoms with Crippen LogP contribution in [0.2, 0.25) is 0 Å². The predicted molar refractivity (Wildman–Crippen MR) is 123 cm³/mol. The van der Waals surface area contributed by atoms with Gasteiger partial charge in [-0.15, -0.1) is 0 Å². The molecule has 0 unspecified atom stereocenters. The zero-order valence-corrected chi connectivity index (χ0v) is 19.5. The van der Waals surface area contributed by atoms with E-state index in [4.69, 9.17) is 28.4 Å². The van der Waals surface area contributed by atoms with Gasteiger partial charge in [-0.3, -0.25) is 4.79 Å². The van der Waals surface area contributed by atoms with Gasteiger partial charge in [0.05, 0.1) is 49.1 Å². The van der Waals surface area contributed by atoms with Crippen LogP contribution in [0.15, 0.2) is 29.8 Å². The molecule has 0 bridgehead atoms. The third-order valence-corrected chi connectivity index (χ3v) is 5.54. The Bertz CT molecular complexity index is 1070. The number of rotatable bonds is 8. The fourth-order valence-corrected chi connectivity index (χ4v) is 3.90. The van der Waals surface area contributed by atoms with E-state index in [9.17, 15) is 4.79 Å². The lowest BCUT2D eigenvalue weighted by molar-refractivity contribution is -0.139. The molecule has 0 aliphatic heterocycles. The molecule has 0 saturated carbocycles. The van der Waals surface area contributed by atoms with Gasteiger partial charge in [-0.2, -0.15) is 0 Å². The Balaban J connectivity index is 2.24. The normalized spacial score (nSPS) is 13.7. The highest BCUT2D eigenvalue weighted by Crippen LogP contribution is 2.48. The summed E-state index contributed by atoms with van der Waals surface area (Å²) >= 11 is 0. The van der Waals surface area contributed by atoms with E-state index >= 15 is 0 Å². The summed E-state index contributed by atoms with van der Waals surface area (Å²) in [6, 6.07) is 7.57. The van der Waals surface area contributed by atoms with Crippen molar-refractivity contribution in [2.45, 2.75) is 13.3 Å². The average Bonchev–Trinajstić information content (AvgIpc) is 3.06. The second-order valence-electron chi connectivity index (χ2n) is 7.13. The van der Waals surface area contributed by atoms with Gasteiger partial charge in [0.1, 0.15) is 0 Å². The van der Waals surface area contributed by atoms with E-state index in [1.54, 1.807) is 35.5 Å². The zero-order chi connectivity index (χ0) is 23.4. The molecule has 0 N–H and O–H groups in total. The maximum Gasteiger partial charge on any atom is 0.310 e. The van der Waals surface area contributed by atoms with Crippen LogP contribution in [0.4, 0.5) is 0 Å². The summed E-state index contributed by atoms with van der Waals surface area (Å²) in [5.41, 5.74) is 5.50. The summed E-state index contributed by atoms with van der Waals surface area (Å²) in [5, 5.41) is 0. The minimum absolute atomic E-state index is 0.150. The van der Waals surface area contributed by atoms with Gasteiger partial charge in [0.25, 0.3) is 0 Å². The second-order valence-corrected chi connectivity index (χ2v) is 7.13. The number of benzene rings is 2. The van der Waals surface area contributed by atoms with Crippen molar-refractivity contribution in [3.8, 4) is 28.7 Å². The fourth-order valence-electron chi connectivity index (χ4n) is 3.90. The summed E-state index contributed by atoms with van der Waals surface area (Å²) < 4.78 is 32.3. The number of allylic oxidation sites excluding steroid dienone is 2. The maximum absolute atomic E-state index is 12.1. The molecule has 2 aromatic carbocycles. The van der Waals surface area contributed by atoms with Crippen LogP contribution in [0, 0.1) is 0 Å². The van der Waals surface area contributed by atoms with Gasteiger partial charge in [0, 0.05) is 0 Å². The molecule has 2 aromatic rings. The Morgan fingerprint density at radius 2 is 1.28 bits per heavy atom. The van der Waals surface area contributed by atoms with Crippen LogP contribution in [-0.4, -0.2) is 48.6 Å². The van der Waals surface area contributed by atoms with Gasteiger partial charge in [0.2, 0.25) is 5.75 Å². The van der Waals surface area contributed by atoms with Gasteiger partial charge in [-0.05, 0) is 70.7 Å². The lowest BCUT2D eigenvalue weighted by Gasteiger charge is -2.14. The Kier molecular flexibility index (Phi) is 6.98. The van der Waals surface area contributed by atoms with Crippen molar-refractivity contribution in [2.24, 2.45) is 0 Å². The SMILES string of the molecule is COC(=O)CC1=C(C)/C(=C/c2cc(OC)c(OC)c(OC)c2)c2cc(OC)c(OC)cc21. The third kappa shape index (κ3) is 4.10. The highest BCUT2D eigenvalue weighted by molar-refractivity contribution is 6.08. The molecule has 1 aliphatic carbocycles. The van der Waals surface area contributed by atoms with Gasteiger partial charge in [-0.1, -0.05) is 0 Å². The number of esters is 1. The molecule has 0 atom stereocenters. The first-order valence-corrected chi connectivity index (χ1v) is 9.97. The molecule has 32 heavy (non-hydrogen) atoms. The monoisotopic (exact) mass is 440 g/mol. The molecule has 170 valence electrons. The molecule has 7 nitrogen and oxygen atoms in total. The number of methoxy groups -OCH3 is 6. The van der Waals surface area contributed by atoms with Crippen LogP contribution in [0.1, 0.15) is 30.0 Å². The molecule has 0 spiro atoms. The first-order valence-electron chi connectivity index (χ1n) is 9.97. The van der Waals surface area contributed by atoms with Crippen molar-refractivity contribution in [3.05, 3.63) is 46.5 Å². The van der Waals surface area contributed by atoms with Crippen molar-refractivity contribution in [2.75, 3.05) is 42.7 Å². The van der Waals surface area contributed by atoms with Crippen LogP contribution in [0.5, 0.6) is 28.7 Å². The lowest BCUT2D eigenvalue weighted by Crippen LogP contribution is -2.02. The minimum atomic E-state index is -0.311. The quantitative estimate of drug-likeness (QED) is 0.555. The van der Waals surface area contributed by atoms with Crippen LogP contribution in [-0.2, 0) is 9.53 Å². The van der Waals surface area contributed by atoms with Crippen molar-refractivity contribution >= 4 is 23.2 Å². The molecular weight excluding hydrogens is 412 g/mol. The molecule has 0 amide bonds. The van der Waals surface area contributed by atoms with E-state index in [0.29, 0.717) is 28.7 Å². The van der Waals surface area contributed by atoms with Crippen LogP contribution in [0.3, 0.4) is 0 Å². The van der Waals surface area contributed by atoms with E-state index in [1.165, 1.54) is 7.11 Å². The van der Waals surface area contributed by atoms with Crippen molar-refractivity contribution < 1.29 is 33.2 Å². The highest BCUT2D eigenvalue weighted by atomic mass is 16.5. The number of carbonyl (C=O) groups is 1. The largest absolute Gasteiger partial charge is 0.493 e. The van der Waals surface area contributed by atoms with E-state index in [1.807, 2.05) is 37.3 Å². The zero-order valence-electron chi connectivity index (χ0n) is 19.5. The van der Waals surface area contributed by atoms with Crippen molar-refractivity contribution in [1.82, 2.24) is 0 Å². The van der Waals surface area contributed by atoms with E-state index in [2.05, 4.69) is 0 Å². The van der Waals surface area contributed by atoms with Gasteiger partial charge in [-0.25, -0.2) is 0 Å². The highest BCUT2D eigenvalue weighted by Gasteiger charge is 2.28. The van der Waals surface area contributed by atoms with Crippen LogP contribution in [0.25, 0.3) is 17.2 Å². The Labute approximate surface area is 188 Å². The molecule has 0 saturated heterocycles. The Morgan fingerprint density at radius 3 is 1.75 bits per heavy atom. The number of hydrogen-bond donors (Lipinski definition) is 0. The standard InChI is InChI=1S/C25H28O7/c1-14-16(8-15-9-22(29-4)25(32-7)23(10-15)30-5)18-11-20(27-2)21(28-3)12-19(18)17(14)13-24(26)31-6/h8-12H,13H2,1-7H3/b16-8-. The Hall–Kier alpha value is -3.61. The molecule has 1 aliphatic rings. The van der Waals surface area contributed by atoms with Gasteiger partial charge in [0.15, 0.2) is 23.0 Å². The van der Waals surface area contributed by atoms with Crippen molar-refractivity contribution in [1.29, 1.82) is 0 Å². The summed E-state index contributed by atoms with van der Waals surface area (Å²) in [7, 11) is 9.29. The van der Waals surface area contributed by atoms with E-state index in [-0.39, 0.29) is 12.4 Å². The summed E-state index contributed by atoms with van der Waals surface area (Å²) in [5.74, 6) is 2.52. The molecule has 0 fully saturated rings. The molecule has 0 radical (unpaired) electrons. The smallest absolute Gasteiger partial charge is 0.310 e. The first-order chi connectivity index (χ1) is 15.4. The van der Waals surface area contributed by atoms with Crippen LogP contribution >= 0.6 is 0 Å². The van der Waals surface area contributed by atoms with E-state index < -0.39 is 0 Å². The lowest BCUT2D eigenvalue weighted by atomic mass is 9.99. The fraction of sp³-hybridized carbons (Fsp3) is 0.320. The summed E-state index contributed by atoms with van der Waals surface area (Å²) in [6.45, 7) is 1.99. The number of hydrogen-bond acceptors (Lipinski definition) is 7. The summed E-state index contributed by atoms with van der Waals surface area (Å²) in [6.07, 6.45) is 2.17. The molecule has 3 rings (SSSR count). The number of fused-ring (bicyclic) bond motifs is 1. The number of carbonyl (C=O) groups excluding carboxylic acids is 1. The summed E-state index contributed by atoms with van der Waals surface area (Å²) in [4.78, 5) is 12.1. The molecule has 7 heteroatoms. The number of ether oxygens (including phenoxy) is 6. The second kappa shape index (κ2) is 9.68. The maximum atomic E-state index is 12.1. The average molecular weight is 440 g/mol. The van der Waals surface area contributed by atoms with Gasteiger partial charge >= 0.3 is 5.97 Å². The van der Waals surface area contributed by atoms with Crippen LogP contribution < -0.4 is 23.7 Å².